The van der Waals surface area contributed by atoms with Crippen LogP contribution in [0.15, 0.2) is 91.0 Å². The Bertz CT molecular complexity index is 1000. The Labute approximate surface area is 201 Å². The Balaban J connectivity index is 1.33. The van der Waals surface area contributed by atoms with E-state index in [-0.39, 0.29) is 24.3 Å². The average molecular weight is 460 g/mol. The van der Waals surface area contributed by atoms with Gasteiger partial charge >= 0.3 is 0 Å². The number of ether oxygens (including phenoxy) is 3. The first-order valence-electron chi connectivity index (χ1n) is 12.2. The number of rotatable bonds is 10. The molecular formula is C29H33NO4. The highest BCUT2D eigenvalue weighted by molar-refractivity contribution is 5.17. The number of nitrogens with zero attached hydrogens (tertiary/aromatic N) is 1. The molecule has 2 aliphatic rings. The van der Waals surface area contributed by atoms with Crippen LogP contribution in [0.3, 0.4) is 0 Å². The highest BCUT2D eigenvalue weighted by atomic mass is 16.5. The third-order valence-corrected chi connectivity index (χ3v) is 6.90. The van der Waals surface area contributed by atoms with Crippen molar-refractivity contribution in [3.05, 3.63) is 108 Å². The number of fused-ring (bicyclic) bond motifs is 1. The van der Waals surface area contributed by atoms with Crippen LogP contribution in [0.2, 0.25) is 0 Å². The zero-order valence-electron chi connectivity index (χ0n) is 19.4. The minimum atomic E-state index is -0.428. The third-order valence-electron chi connectivity index (χ3n) is 6.90. The molecule has 0 spiro atoms. The normalized spacial score (nSPS) is 26.6. The quantitative estimate of drug-likeness (QED) is 0.493. The Kier molecular flexibility index (Phi) is 7.69. The van der Waals surface area contributed by atoms with E-state index < -0.39 is 6.10 Å². The lowest BCUT2D eigenvalue weighted by atomic mass is 10.0. The molecule has 178 valence electrons. The van der Waals surface area contributed by atoms with Crippen molar-refractivity contribution in [2.75, 3.05) is 13.2 Å². The molecule has 0 unspecified atom stereocenters. The Hall–Kier alpha value is -2.54. The van der Waals surface area contributed by atoms with Gasteiger partial charge in [-0.25, -0.2) is 0 Å². The average Bonchev–Trinajstić information content (AvgIpc) is 3.40. The molecule has 0 aromatic heterocycles. The van der Waals surface area contributed by atoms with Crippen molar-refractivity contribution >= 4 is 0 Å². The maximum atomic E-state index is 10.9. The van der Waals surface area contributed by atoms with Crippen LogP contribution in [-0.4, -0.2) is 53.6 Å². The predicted octanol–water partition coefficient (Wildman–Crippen LogP) is 4.19. The molecule has 0 radical (unpaired) electrons. The molecule has 5 rings (SSSR count). The molecule has 2 heterocycles. The fourth-order valence-electron chi connectivity index (χ4n) is 5.21. The molecule has 0 amide bonds. The van der Waals surface area contributed by atoms with E-state index in [0.29, 0.717) is 26.4 Å². The molecule has 2 aliphatic heterocycles. The van der Waals surface area contributed by atoms with Crippen molar-refractivity contribution < 1.29 is 19.3 Å². The summed E-state index contributed by atoms with van der Waals surface area (Å²) in [4.78, 5) is 2.35. The van der Waals surface area contributed by atoms with Crippen LogP contribution in [0.4, 0.5) is 0 Å². The van der Waals surface area contributed by atoms with E-state index in [9.17, 15) is 5.11 Å². The fourth-order valence-corrected chi connectivity index (χ4v) is 5.21. The standard InChI is InChI=1S/C29H33NO4/c31-26-16-17-30-25(21-32-18-22-10-4-1-5-11-22)28(33-19-23-12-6-2-7-13-23)29(27(26)30)34-20-24-14-8-3-9-15-24/h1-15,25-29,31H,16-21H2/t25-,26+,27-,28-,29-/m1/s1. The summed E-state index contributed by atoms with van der Waals surface area (Å²) in [7, 11) is 0. The predicted molar refractivity (Wildman–Crippen MR) is 131 cm³/mol. The smallest absolute Gasteiger partial charge is 0.104 e. The largest absolute Gasteiger partial charge is 0.391 e. The van der Waals surface area contributed by atoms with E-state index >= 15 is 0 Å². The minimum Gasteiger partial charge on any atom is -0.391 e. The van der Waals surface area contributed by atoms with Gasteiger partial charge in [0.05, 0.1) is 44.6 Å². The van der Waals surface area contributed by atoms with Crippen molar-refractivity contribution in [3.63, 3.8) is 0 Å². The van der Waals surface area contributed by atoms with Crippen LogP contribution in [0.1, 0.15) is 23.1 Å². The summed E-state index contributed by atoms with van der Waals surface area (Å²) in [6, 6.07) is 30.6. The van der Waals surface area contributed by atoms with E-state index in [4.69, 9.17) is 14.2 Å². The molecule has 2 saturated heterocycles. The first-order valence-corrected chi connectivity index (χ1v) is 12.2. The molecule has 0 aliphatic carbocycles. The summed E-state index contributed by atoms with van der Waals surface area (Å²) in [6.45, 7) is 2.90. The fraction of sp³-hybridized carbons (Fsp3) is 0.379. The van der Waals surface area contributed by atoms with E-state index in [1.54, 1.807) is 0 Å². The Morgan fingerprint density at radius 2 is 1.18 bits per heavy atom. The zero-order chi connectivity index (χ0) is 23.2. The molecule has 3 aromatic rings. The van der Waals surface area contributed by atoms with Gasteiger partial charge in [0.15, 0.2) is 0 Å². The minimum absolute atomic E-state index is 0.0235. The van der Waals surface area contributed by atoms with E-state index in [1.807, 2.05) is 54.6 Å². The van der Waals surface area contributed by atoms with Gasteiger partial charge in [-0.15, -0.1) is 0 Å². The van der Waals surface area contributed by atoms with Crippen molar-refractivity contribution in [1.82, 2.24) is 4.90 Å². The van der Waals surface area contributed by atoms with Crippen molar-refractivity contribution in [1.29, 1.82) is 0 Å². The number of aliphatic hydroxyl groups is 1. The summed E-state index contributed by atoms with van der Waals surface area (Å²) in [6.07, 6.45) is -0.106. The maximum Gasteiger partial charge on any atom is 0.104 e. The van der Waals surface area contributed by atoms with Crippen LogP contribution in [-0.2, 0) is 34.0 Å². The van der Waals surface area contributed by atoms with Gasteiger partial charge in [-0.05, 0) is 23.1 Å². The Morgan fingerprint density at radius 3 is 1.74 bits per heavy atom. The second-order valence-electron chi connectivity index (χ2n) is 9.17. The summed E-state index contributed by atoms with van der Waals surface area (Å²) < 4.78 is 19.2. The lowest BCUT2D eigenvalue weighted by Crippen LogP contribution is -2.42. The molecule has 2 fully saturated rings. The number of hydrogen-bond donors (Lipinski definition) is 1. The lowest BCUT2D eigenvalue weighted by Gasteiger charge is -2.28. The summed E-state index contributed by atoms with van der Waals surface area (Å²) >= 11 is 0. The molecule has 1 N–H and O–H groups in total. The monoisotopic (exact) mass is 459 g/mol. The molecule has 0 saturated carbocycles. The van der Waals surface area contributed by atoms with E-state index in [1.165, 1.54) is 0 Å². The molecule has 0 bridgehead atoms. The summed E-state index contributed by atoms with van der Waals surface area (Å²) in [5.74, 6) is 0. The van der Waals surface area contributed by atoms with Gasteiger partial charge in [-0.2, -0.15) is 0 Å². The van der Waals surface area contributed by atoms with Crippen molar-refractivity contribution in [2.45, 2.75) is 56.6 Å². The molecular weight excluding hydrogens is 426 g/mol. The van der Waals surface area contributed by atoms with Gasteiger partial charge in [-0.3, -0.25) is 4.90 Å². The van der Waals surface area contributed by atoms with Crippen LogP contribution >= 0.6 is 0 Å². The van der Waals surface area contributed by atoms with Gasteiger partial charge in [0.1, 0.15) is 12.2 Å². The van der Waals surface area contributed by atoms with Gasteiger partial charge in [0.2, 0.25) is 0 Å². The van der Waals surface area contributed by atoms with Gasteiger partial charge in [0.25, 0.3) is 0 Å². The SMILES string of the molecule is O[C@H]1CCN2[C@H]1[C@@H](OCc1ccccc1)[C@H](OCc1ccccc1)[C@H]2COCc1ccccc1. The van der Waals surface area contributed by atoms with Crippen molar-refractivity contribution in [2.24, 2.45) is 0 Å². The highest BCUT2D eigenvalue weighted by Gasteiger charge is 2.55. The summed E-state index contributed by atoms with van der Waals surface area (Å²) in [5.41, 5.74) is 3.39. The van der Waals surface area contributed by atoms with Crippen LogP contribution in [0.5, 0.6) is 0 Å². The Morgan fingerprint density at radius 1 is 0.676 bits per heavy atom. The third kappa shape index (κ3) is 5.40. The molecule has 5 atom stereocenters. The maximum absolute atomic E-state index is 10.9. The van der Waals surface area contributed by atoms with E-state index in [2.05, 4.69) is 41.3 Å². The highest BCUT2D eigenvalue weighted by Crippen LogP contribution is 2.38. The molecule has 5 heteroatoms. The van der Waals surface area contributed by atoms with Crippen LogP contribution in [0, 0.1) is 0 Å². The molecule has 5 nitrogen and oxygen atoms in total. The van der Waals surface area contributed by atoms with Crippen molar-refractivity contribution in [3.8, 4) is 0 Å². The molecule has 3 aromatic carbocycles. The van der Waals surface area contributed by atoms with Gasteiger partial charge in [0, 0.05) is 6.54 Å². The second kappa shape index (κ2) is 11.3. The second-order valence-corrected chi connectivity index (χ2v) is 9.17. The van der Waals surface area contributed by atoms with Gasteiger partial charge in [-0.1, -0.05) is 91.0 Å². The zero-order valence-corrected chi connectivity index (χ0v) is 19.4. The van der Waals surface area contributed by atoms with Crippen LogP contribution < -0.4 is 0 Å². The number of aliphatic hydroxyl groups excluding tert-OH is 1. The van der Waals surface area contributed by atoms with E-state index in [0.717, 1.165) is 29.7 Å². The first kappa shape index (κ1) is 23.2. The lowest BCUT2D eigenvalue weighted by molar-refractivity contribution is -0.0948. The van der Waals surface area contributed by atoms with Crippen LogP contribution in [0.25, 0.3) is 0 Å². The molecule has 34 heavy (non-hydrogen) atoms. The first-order chi connectivity index (χ1) is 16.8. The number of hydrogen-bond acceptors (Lipinski definition) is 5. The number of benzene rings is 3. The topological polar surface area (TPSA) is 51.2 Å². The van der Waals surface area contributed by atoms with Gasteiger partial charge < -0.3 is 19.3 Å². The summed E-state index contributed by atoms with van der Waals surface area (Å²) in [5, 5.41) is 10.9.